The quantitative estimate of drug-likeness (QED) is 0.0672. The van der Waals surface area contributed by atoms with Crippen molar-refractivity contribution >= 4 is 99.2 Å². The van der Waals surface area contributed by atoms with Gasteiger partial charge in [-0.25, -0.2) is 8.78 Å². The van der Waals surface area contributed by atoms with Crippen LogP contribution in [0, 0.1) is 31.4 Å². The van der Waals surface area contributed by atoms with E-state index in [1.165, 1.54) is 143 Å². The van der Waals surface area contributed by atoms with E-state index in [9.17, 15) is 0 Å². The van der Waals surface area contributed by atoms with Crippen molar-refractivity contribution in [1.82, 2.24) is 15.0 Å². The van der Waals surface area contributed by atoms with Gasteiger partial charge in [0.2, 0.25) is 0 Å². The maximum Gasteiger partial charge on any atom is 0.170 e. The van der Waals surface area contributed by atoms with Crippen LogP contribution in [0.25, 0.3) is 82.7 Å². The zero-order valence-electron chi connectivity index (χ0n) is 40.2. The Balaban J connectivity index is 1.16. The topological polar surface area (TPSA) is 30.7 Å². The molecule has 11 heteroatoms. The number of aromatic nitrogens is 3. The largest absolute Gasteiger partial charge is 0.203 e. The minimum Gasteiger partial charge on any atom is -0.203 e. The van der Waals surface area contributed by atoms with Gasteiger partial charge in [0, 0.05) is 80.1 Å². The summed E-state index contributed by atoms with van der Waals surface area (Å²) in [6, 6.07) is 21.8. The van der Waals surface area contributed by atoms with Crippen LogP contribution in [0.5, 0.6) is 0 Å². The third-order valence-electron chi connectivity index (χ3n) is 13.2. The Kier molecular flexibility index (Phi) is 15.3. The fourth-order valence-corrected chi connectivity index (χ4v) is 16.2. The molecule has 0 saturated heterocycles. The third kappa shape index (κ3) is 10.1. The normalized spacial score (nSPS) is 12.7. The molecule has 0 bridgehead atoms. The van der Waals surface area contributed by atoms with Gasteiger partial charge in [-0.05, 0) is 105 Å². The molecule has 0 fully saturated rings. The van der Waals surface area contributed by atoms with E-state index in [2.05, 4.69) is 97.9 Å². The summed E-state index contributed by atoms with van der Waals surface area (Å²) in [6.07, 6.45) is 14.6. The average molecular weight is 1010 g/mol. The molecule has 1 atom stereocenters. The molecule has 7 heterocycles. The number of fused-ring (bicyclic) bond motifs is 3. The Morgan fingerprint density at radius 1 is 0.478 bits per heavy atom. The molecule has 3 nitrogen and oxygen atoms in total. The Labute approximate surface area is 419 Å². The van der Waals surface area contributed by atoms with Crippen molar-refractivity contribution in [3.8, 4) is 51.5 Å². The van der Waals surface area contributed by atoms with E-state index in [0.717, 1.165) is 27.5 Å². The van der Waals surface area contributed by atoms with E-state index in [1.54, 1.807) is 4.80 Å². The van der Waals surface area contributed by atoms with Gasteiger partial charge in [-0.1, -0.05) is 106 Å². The monoisotopic (exact) mass is 1010 g/mol. The molecule has 7 aromatic heterocycles. The summed E-state index contributed by atoms with van der Waals surface area (Å²) < 4.78 is 36.8. The first-order valence-electron chi connectivity index (χ1n) is 24.6. The number of halogens is 2. The standard InChI is InChI=1S/C56H63F2N3S6/c1-9-11-13-15-16-18-20-36(19-17-14-12-10-2)31-61-59-53-49(43-27-25-39(64-43)32(3)4)51(57)52(58)50(54(53)60-61)44-28-26-40(65-44)46-30-38-48(42-24-22-35(8)63-42)55-37(29-45(66-55)33(5)6)47(56(38)67-46)41-23-21-34(7)62-41/h21-30,32-33,36H,9-20,31H2,1-8H3. The molecule has 67 heavy (non-hydrogen) atoms. The molecular formula is C56H63F2N3S6. The molecular weight excluding hydrogens is 945 g/mol. The highest BCUT2D eigenvalue weighted by molar-refractivity contribution is 7.28. The number of nitrogens with zero attached hydrogens (tertiary/aromatic N) is 3. The van der Waals surface area contributed by atoms with Crippen LogP contribution in [0.3, 0.4) is 0 Å². The fraction of sp³-hybridized carbons (Fsp3) is 0.429. The number of thiophene rings is 6. The minimum atomic E-state index is -0.853. The van der Waals surface area contributed by atoms with Gasteiger partial charge in [-0.3, -0.25) is 0 Å². The molecule has 0 spiro atoms. The second-order valence-electron chi connectivity index (χ2n) is 19.1. The van der Waals surface area contributed by atoms with Crippen molar-refractivity contribution in [2.45, 2.75) is 151 Å². The summed E-state index contributed by atoms with van der Waals surface area (Å²) in [5.74, 6) is -0.604. The van der Waals surface area contributed by atoms with Gasteiger partial charge in [-0.15, -0.1) is 68.0 Å². The Morgan fingerprint density at radius 2 is 0.955 bits per heavy atom. The van der Waals surface area contributed by atoms with Crippen molar-refractivity contribution in [1.29, 1.82) is 0 Å². The molecule has 0 N–H and O–H groups in total. The first-order valence-corrected chi connectivity index (χ1v) is 29.5. The van der Waals surface area contributed by atoms with Crippen LogP contribution in [-0.4, -0.2) is 15.0 Å². The maximum absolute atomic E-state index is 17.2. The molecule has 0 saturated carbocycles. The van der Waals surface area contributed by atoms with E-state index in [-0.39, 0.29) is 17.0 Å². The Bertz CT molecular complexity index is 3030. The first kappa shape index (κ1) is 48.4. The number of hydrogen-bond donors (Lipinski definition) is 0. The summed E-state index contributed by atoms with van der Waals surface area (Å²) >= 11 is 10.5. The van der Waals surface area contributed by atoms with E-state index < -0.39 is 11.6 Å². The van der Waals surface area contributed by atoms with Crippen LogP contribution in [0.2, 0.25) is 0 Å². The van der Waals surface area contributed by atoms with Gasteiger partial charge in [0.1, 0.15) is 11.0 Å². The van der Waals surface area contributed by atoms with Crippen molar-refractivity contribution in [2.24, 2.45) is 5.92 Å². The molecule has 0 radical (unpaired) electrons. The predicted octanol–water partition coefficient (Wildman–Crippen LogP) is 20.9. The van der Waals surface area contributed by atoms with Crippen LogP contribution in [0.15, 0.2) is 60.7 Å². The summed E-state index contributed by atoms with van der Waals surface area (Å²) in [6.45, 7) is 18.4. The van der Waals surface area contributed by atoms with E-state index in [4.69, 9.17) is 10.2 Å². The van der Waals surface area contributed by atoms with Gasteiger partial charge in [-0.2, -0.15) is 15.0 Å². The minimum absolute atomic E-state index is 0.210. The van der Waals surface area contributed by atoms with Gasteiger partial charge < -0.3 is 0 Å². The van der Waals surface area contributed by atoms with Gasteiger partial charge in [0.15, 0.2) is 11.6 Å². The number of benzene rings is 2. The molecule has 1 unspecified atom stereocenters. The molecule has 0 amide bonds. The predicted molar refractivity (Wildman–Crippen MR) is 295 cm³/mol. The first-order chi connectivity index (χ1) is 32.4. The molecule has 2 aromatic carbocycles. The third-order valence-corrected chi connectivity index (χ3v) is 20.5. The SMILES string of the molecule is CCCCCCCCC(CCCCCC)Cn1nc2c(-c3ccc(-c4cc5c(-c6ccc(C)s6)c6sc(C(C)C)cc6c(-c6ccc(C)s6)c5s4)s3)c(F)c(F)c(-c3ccc(C(C)C)s3)c2n1. The lowest BCUT2D eigenvalue weighted by Crippen LogP contribution is -2.14. The Hall–Kier alpha value is -3.58. The second kappa shape index (κ2) is 21.2. The zero-order chi connectivity index (χ0) is 46.9. The summed E-state index contributed by atoms with van der Waals surface area (Å²) in [5.41, 5.74) is 3.92. The highest BCUT2D eigenvalue weighted by Crippen LogP contribution is 2.54. The van der Waals surface area contributed by atoms with Crippen LogP contribution in [0.4, 0.5) is 8.78 Å². The second-order valence-corrected chi connectivity index (χ2v) is 26.0. The maximum atomic E-state index is 17.2. The van der Waals surface area contributed by atoms with Crippen LogP contribution < -0.4 is 0 Å². The van der Waals surface area contributed by atoms with Gasteiger partial charge >= 0.3 is 0 Å². The zero-order valence-corrected chi connectivity index (χ0v) is 45.1. The van der Waals surface area contributed by atoms with Crippen LogP contribution in [0.1, 0.15) is 150 Å². The Morgan fingerprint density at radius 3 is 1.51 bits per heavy atom. The van der Waals surface area contributed by atoms with Crippen molar-refractivity contribution in [3.63, 3.8) is 0 Å². The average Bonchev–Trinajstić information content (AvgIpc) is 4.16. The van der Waals surface area contributed by atoms with E-state index in [0.29, 0.717) is 39.2 Å². The fourth-order valence-electron chi connectivity index (χ4n) is 9.50. The van der Waals surface area contributed by atoms with Gasteiger partial charge in [0.05, 0.1) is 17.7 Å². The smallest absolute Gasteiger partial charge is 0.170 e. The van der Waals surface area contributed by atoms with Crippen LogP contribution >= 0.6 is 68.0 Å². The molecule has 9 aromatic rings. The van der Waals surface area contributed by atoms with Gasteiger partial charge in [0.25, 0.3) is 0 Å². The molecule has 9 rings (SSSR count). The van der Waals surface area contributed by atoms with E-state index >= 15 is 8.78 Å². The molecule has 0 aliphatic rings. The number of rotatable bonds is 21. The van der Waals surface area contributed by atoms with Crippen molar-refractivity contribution in [3.05, 3.63) is 91.8 Å². The lowest BCUT2D eigenvalue weighted by Gasteiger charge is -2.16. The van der Waals surface area contributed by atoms with Crippen LogP contribution in [-0.2, 0) is 6.54 Å². The summed E-state index contributed by atoms with van der Waals surface area (Å²) in [7, 11) is 0. The summed E-state index contributed by atoms with van der Waals surface area (Å²) in [5, 5.41) is 12.8. The lowest BCUT2D eigenvalue weighted by atomic mass is 9.94. The number of unbranched alkanes of at least 4 members (excludes halogenated alkanes) is 8. The number of hydrogen-bond acceptors (Lipinski definition) is 8. The van der Waals surface area contributed by atoms with Crippen molar-refractivity contribution in [2.75, 3.05) is 0 Å². The number of aryl methyl sites for hydroxylation is 2. The van der Waals surface area contributed by atoms with E-state index in [1.807, 2.05) is 63.5 Å². The highest BCUT2D eigenvalue weighted by atomic mass is 32.1. The molecule has 0 aliphatic heterocycles. The highest BCUT2D eigenvalue weighted by Gasteiger charge is 2.30. The molecule has 0 aliphatic carbocycles. The summed E-state index contributed by atoms with van der Waals surface area (Å²) in [4.78, 5) is 12.9. The lowest BCUT2D eigenvalue weighted by molar-refractivity contribution is 0.327. The molecule has 352 valence electrons. The van der Waals surface area contributed by atoms with Crippen molar-refractivity contribution < 1.29 is 8.78 Å².